The predicted octanol–water partition coefficient (Wildman–Crippen LogP) is 2.86. The molecule has 2 aromatic rings. The highest BCUT2D eigenvalue weighted by Gasteiger charge is 2.17. The third-order valence-corrected chi connectivity index (χ3v) is 5.16. The van der Waals surface area contributed by atoms with E-state index in [1.165, 1.54) is 0 Å². The minimum atomic E-state index is -0.258. The molecule has 2 heterocycles. The number of thiazole rings is 1. The lowest BCUT2D eigenvalue weighted by molar-refractivity contribution is -0.115. The number of amides is 3. The van der Waals surface area contributed by atoms with E-state index in [0.717, 1.165) is 27.7 Å². The number of urea groups is 1. The van der Waals surface area contributed by atoms with Crippen LogP contribution in [0.2, 0.25) is 0 Å². The van der Waals surface area contributed by atoms with E-state index in [0.29, 0.717) is 25.1 Å². The normalized spacial score (nSPS) is 12.6. The van der Waals surface area contributed by atoms with Crippen molar-refractivity contribution < 1.29 is 9.59 Å². The maximum absolute atomic E-state index is 11.9. The summed E-state index contributed by atoms with van der Waals surface area (Å²) in [5.41, 5.74) is 3.40. The zero-order valence-corrected chi connectivity index (χ0v) is 14.9. The van der Waals surface area contributed by atoms with Gasteiger partial charge in [0.1, 0.15) is 5.01 Å². The molecule has 3 rings (SSSR count). The fourth-order valence-corrected chi connectivity index (χ4v) is 3.99. The molecule has 6 nitrogen and oxygen atoms in total. The van der Waals surface area contributed by atoms with Gasteiger partial charge in [-0.25, -0.2) is 9.78 Å². The van der Waals surface area contributed by atoms with Crippen molar-refractivity contribution >= 4 is 46.4 Å². The van der Waals surface area contributed by atoms with Gasteiger partial charge in [0.15, 0.2) is 0 Å². The van der Waals surface area contributed by atoms with Crippen LogP contribution in [0.3, 0.4) is 0 Å². The van der Waals surface area contributed by atoms with Crippen LogP contribution in [-0.4, -0.2) is 29.7 Å². The number of nitrogens with one attached hydrogen (secondary N) is 3. The SMILES string of the molecule is CSCc1nc(CCNC(=O)Nc2ccc3c(c2)CC(=O)N3)cs1. The molecule has 1 aromatic carbocycles. The lowest BCUT2D eigenvalue weighted by Gasteiger charge is -2.08. The summed E-state index contributed by atoms with van der Waals surface area (Å²) in [4.78, 5) is 27.8. The standard InChI is InChI=1S/C16H18N4O2S2/c1-23-9-15-18-12(8-24-15)4-5-17-16(22)19-11-2-3-13-10(6-11)7-14(21)20-13/h2-3,6,8H,4-5,7,9H2,1H3,(H,20,21)(H2,17,19,22). The lowest BCUT2D eigenvalue weighted by atomic mass is 10.1. The van der Waals surface area contributed by atoms with E-state index >= 15 is 0 Å². The van der Waals surface area contributed by atoms with E-state index in [1.54, 1.807) is 35.2 Å². The molecule has 3 amide bonds. The zero-order chi connectivity index (χ0) is 16.9. The van der Waals surface area contributed by atoms with Gasteiger partial charge in [0.05, 0.1) is 12.1 Å². The van der Waals surface area contributed by atoms with E-state index in [1.807, 2.05) is 11.4 Å². The first-order valence-corrected chi connectivity index (χ1v) is 9.81. The highest BCUT2D eigenvalue weighted by Crippen LogP contribution is 2.25. The molecular formula is C16H18N4O2S2. The van der Waals surface area contributed by atoms with Crippen LogP contribution in [0.15, 0.2) is 23.6 Å². The maximum atomic E-state index is 11.9. The van der Waals surface area contributed by atoms with E-state index < -0.39 is 0 Å². The van der Waals surface area contributed by atoms with Gasteiger partial charge < -0.3 is 16.0 Å². The van der Waals surface area contributed by atoms with Gasteiger partial charge in [-0.15, -0.1) is 11.3 Å². The molecule has 1 aromatic heterocycles. The summed E-state index contributed by atoms with van der Waals surface area (Å²) in [6.07, 6.45) is 3.12. The second-order valence-corrected chi connectivity index (χ2v) is 7.20. The van der Waals surface area contributed by atoms with Crippen molar-refractivity contribution in [2.75, 3.05) is 23.4 Å². The number of benzene rings is 1. The van der Waals surface area contributed by atoms with Crippen LogP contribution in [0.5, 0.6) is 0 Å². The molecule has 0 unspecified atom stereocenters. The summed E-state index contributed by atoms with van der Waals surface area (Å²) >= 11 is 3.40. The van der Waals surface area contributed by atoms with Gasteiger partial charge in [-0.1, -0.05) is 0 Å². The molecule has 0 spiro atoms. The van der Waals surface area contributed by atoms with Crippen LogP contribution in [0.25, 0.3) is 0 Å². The Morgan fingerprint density at radius 2 is 2.33 bits per heavy atom. The van der Waals surface area contributed by atoms with Crippen LogP contribution < -0.4 is 16.0 Å². The fourth-order valence-electron chi connectivity index (χ4n) is 2.44. The van der Waals surface area contributed by atoms with Crippen LogP contribution >= 0.6 is 23.1 Å². The Kier molecular flexibility index (Phi) is 5.37. The molecule has 0 bridgehead atoms. The molecule has 0 aliphatic carbocycles. The zero-order valence-electron chi connectivity index (χ0n) is 13.2. The summed E-state index contributed by atoms with van der Waals surface area (Å²) in [7, 11) is 0. The van der Waals surface area contributed by atoms with Crippen molar-refractivity contribution in [3.8, 4) is 0 Å². The van der Waals surface area contributed by atoms with Crippen molar-refractivity contribution in [1.82, 2.24) is 10.3 Å². The van der Waals surface area contributed by atoms with E-state index in [4.69, 9.17) is 0 Å². The van der Waals surface area contributed by atoms with Gasteiger partial charge in [0.2, 0.25) is 5.91 Å². The van der Waals surface area contributed by atoms with Crippen molar-refractivity contribution in [3.63, 3.8) is 0 Å². The number of anilines is 2. The van der Waals surface area contributed by atoms with Gasteiger partial charge in [0.25, 0.3) is 0 Å². The first kappa shape index (κ1) is 16.8. The summed E-state index contributed by atoms with van der Waals surface area (Å²) in [5, 5.41) is 11.5. The number of carbonyl (C=O) groups is 2. The van der Waals surface area contributed by atoms with Gasteiger partial charge in [0, 0.05) is 35.5 Å². The number of rotatable bonds is 6. The molecule has 24 heavy (non-hydrogen) atoms. The first-order valence-electron chi connectivity index (χ1n) is 7.54. The smallest absolute Gasteiger partial charge is 0.319 e. The molecule has 0 saturated heterocycles. The average molecular weight is 362 g/mol. The summed E-state index contributed by atoms with van der Waals surface area (Å²) in [6, 6.07) is 5.14. The topological polar surface area (TPSA) is 83.1 Å². The summed E-state index contributed by atoms with van der Waals surface area (Å²) in [5.74, 6) is 0.907. The molecule has 0 atom stereocenters. The second kappa shape index (κ2) is 7.67. The molecule has 0 fully saturated rings. The molecule has 1 aliphatic heterocycles. The van der Waals surface area contributed by atoms with Crippen molar-refractivity contribution in [2.24, 2.45) is 0 Å². The highest BCUT2D eigenvalue weighted by molar-refractivity contribution is 7.97. The quantitative estimate of drug-likeness (QED) is 0.738. The Morgan fingerprint density at radius 1 is 1.46 bits per heavy atom. The van der Waals surface area contributed by atoms with Crippen molar-refractivity contribution in [1.29, 1.82) is 0 Å². The number of carbonyl (C=O) groups excluding carboxylic acids is 2. The van der Waals surface area contributed by atoms with E-state index in [2.05, 4.69) is 27.2 Å². The van der Waals surface area contributed by atoms with Crippen molar-refractivity contribution in [2.45, 2.75) is 18.6 Å². The number of aromatic nitrogens is 1. The van der Waals surface area contributed by atoms with E-state index in [9.17, 15) is 9.59 Å². The summed E-state index contributed by atoms with van der Waals surface area (Å²) < 4.78 is 0. The fraction of sp³-hybridized carbons (Fsp3) is 0.312. The predicted molar refractivity (Wildman–Crippen MR) is 98.8 cm³/mol. The number of hydrogen-bond acceptors (Lipinski definition) is 5. The molecular weight excluding hydrogens is 344 g/mol. The largest absolute Gasteiger partial charge is 0.337 e. The minimum Gasteiger partial charge on any atom is -0.337 e. The Bertz CT molecular complexity index is 760. The van der Waals surface area contributed by atoms with Crippen LogP contribution in [-0.2, 0) is 23.4 Å². The summed E-state index contributed by atoms with van der Waals surface area (Å²) in [6.45, 7) is 0.527. The molecule has 3 N–H and O–H groups in total. The van der Waals surface area contributed by atoms with Gasteiger partial charge in [-0.3, -0.25) is 4.79 Å². The average Bonchev–Trinajstić information content (AvgIpc) is 3.13. The number of thioether (sulfide) groups is 1. The van der Waals surface area contributed by atoms with E-state index in [-0.39, 0.29) is 11.9 Å². The third-order valence-electron chi connectivity index (χ3n) is 3.52. The maximum Gasteiger partial charge on any atom is 0.319 e. The molecule has 8 heteroatoms. The van der Waals surface area contributed by atoms with Crippen LogP contribution in [0.4, 0.5) is 16.2 Å². The molecule has 126 valence electrons. The molecule has 0 saturated carbocycles. The Hall–Kier alpha value is -2.06. The Morgan fingerprint density at radius 3 is 3.17 bits per heavy atom. The van der Waals surface area contributed by atoms with Crippen LogP contribution in [0, 0.1) is 0 Å². The van der Waals surface area contributed by atoms with Gasteiger partial charge in [-0.2, -0.15) is 11.8 Å². The van der Waals surface area contributed by atoms with Crippen molar-refractivity contribution in [3.05, 3.63) is 39.8 Å². The third kappa shape index (κ3) is 4.27. The molecule has 1 aliphatic rings. The number of hydrogen-bond donors (Lipinski definition) is 3. The Labute approximate surface area is 148 Å². The number of nitrogens with zero attached hydrogens (tertiary/aromatic N) is 1. The number of fused-ring (bicyclic) bond motifs is 1. The minimum absolute atomic E-state index is 0.0179. The second-order valence-electron chi connectivity index (χ2n) is 5.39. The first-order chi connectivity index (χ1) is 11.6. The Balaban J connectivity index is 1.46. The molecule has 0 radical (unpaired) electrons. The highest BCUT2D eigenvalue weighted by atomic mass is 32.2. The lowest BCUT2D eigenvalue weighted by Crippen LogP contribution is -2.30. The van der Waals surface area contributed by atoms with Gasteiger partial charge in [-0.05, 0) is 30.0 Å². The van der Waals surface area contributed by atoms with Crippen LogP contribution in [0.1, 0.15) is 16.3 Å². The monoisotopic (exact) mass is 362 g/mol. The van der Waals surface area contributed by atoms with Gasteiger partial charge >= 0.3 is 6.03 Å².